The lowest BCUT2D eigenvalue weighted by atomic mass is 10.0. The fraction of sp³-hybridized carbons (Fsp3) is 0.824. The topological polar surface area (TPSA) is 97.0 Å². The molecule has 1 rings (SSSR count). The van der Waals surface area contributed by atoms with Crippen LogP contribution in [0.2, 0.25) is 0 Å². The van der Waals surface area contributed by atoms with Gasteiger partial charge in [-0.1, -0.05) is 43.6 Å². The van der Waals surface area contributed by atoms with E-state index in [0.29, 0.717) is 24.2 Å². The zero-order valence-electron chi connectivity index (χ0n) is 15.3. The number of esters is 1. The summed E-state index contributed by atoms with van der Waals surface area (Å²) in [4.78, 5) is 36.2. The minimum Gasteiger partial charge on any atom is -0.463 e. The lowest BCUT2D eigenvalue weighted by Gasteiger charge is -2.20. The van der Waals surface area contributed by atoms with Crippen molar-refractivity contribution in [1.29, 1.82) is 0 Å². The van der Waals surface area contributed by atoms with E-state index in [4.69, 9.17) is 9.47 Å². The first-order valence-corrected chi connectivity index (χ1v) is 9.84. The molecule has 7 nitrogen and oxygen atoms in total. The van der Waals surface area contributed by atoms with Crippen LogP contribution in [-0.4, -0.2) is 54.5 Å². The summed E-state index contributed by atoms with van der Waals surface area (Å²) >= 11 is 3.15. The highest BCUT2D eigenvalue weighted by Crippen LogP contribution is 2.24. The van der Waals surface area contributed by atoms with E-state index in [1.165, 1.54) is 0 Å². The smallest absolute Gasteiger partial charge is 0.338 e. The Morgan fingerprint density at radius 2 is 1.80 bits per heavy atom. The van der Waals surface area contributed by atoms with E-state index in [2.05, 4.69) is 40.4 Å². The molecule has 0 aromatic carbocycles. The van der Waals surface area contributed by atoms with E-state index in [1.807, 2.05) is 13.8 Å². The molecule has 1 aliphatic rings. The van der Waals surface area contributed by atoms with Gasteiger partial charge >= 0.3 is 5.97 Å². The first-order chi connectivity index (χ1) is 11.8. The van der Waals surface area contributed by atoms with Crippen molar-refractivity contribution in [1.82, 2.24) is 10.6 Å². The molecule has 0 radical (unpaired) electrons. The molecule has 0 unspecified atom stereocenters. The van der Waals surface area contributed by atoms with Gasteiger partial charge in [0.2, 0.25) is 5.91 Å². The highest BCUT2D eigenvalue weighted by atomic mass is 79.9. The summed E-state index contributed by atoms with van der Waals surface area (Å²) in [6.07, 6.45) is -0.352. The standard InChI is InChI=1S/C17H29BrN2O5/c1-10(2)5-7-19-15(21)12(9-11(3)4)20-16(22)13-14(25-13)17(23)24-8-6-18/h10-14H,5-9H2,1-4H3,(H,19,21)(H,20,22)/t12-,13-,14-/m0/s1. The van der Waals surface area contributed by atoms with E-state index in [0.717, 1.165) is 6.42 Å². The fourth-order valence-electron chi connectivity index (χ4n) is 2.28. The van der Waals surface area contributed by atoms with Gasteiger partial charge in [0.15, 0.2) is 12.2 Å². The number of epoxide rings is 1. The zero-order chi connectivity index (χ0) is 19.0. The SMILES string of the molecule is CC(C)CCNC(=O)[C@H](CC(C)C)NC(=O)[C@H]1O[C@@H]1C(=O)OCCBr. The van der Waals surface area contributed by atoms with Crippen LogP contribution in [0.25, 0.3) is 0 Å². The maximum absolute atomic E-state index is 12.3. The number of ether oxygens (including phenoxy) is 2. The van der Waals surface area contributed by atoms with Gasteiger partial charge in [0, 0.05) is 11.9 Å². The number of amides is 2. The second-order valence-electron chi connectivity index (χ2n) is 7.00. The Morgan fingerprint density at radius 1 is 1.12 bits per heavy atom. The van der Waals surface area contributed by atoms with Crippen LogP contribution in [0.3, 0.4) is 0 Å². The maximum Gasteiger partial charge on any atom is 0.338 e. The van der Waals surface area contributed by atoms with Gasteiger partial charge in [0.05, 0.1) is 0 Å². The molecule has 1 saturated heterocycles. The number of hydrogen-bond acceptors (Lipinski definition) is 5. The molecule has 0 aromatic heterocycles. The summed E-state index contributed by atoms with van der Waals surface area (Å²) in [5, 5.41) is 6.07. The fourth-order valence-corrected chi connectivity index (χ4v) is 2.44. The number of alkyl halides is 1. The minimum absolute atomic E-state index is 0.207. The lowest BCUT2D eigenvalue weighted by Crippen LogP contribution is -2.49. The highest BCUT2D eigenvalue weighted by Gasteiger charge is 2.52. The quantitative estimate of drug-likeness (QED) is 0.299. The molecule has 0 spiro atoms. The molecule has 0 bridgehead atoms. The Morgan fingerprint density at radius 3 is 2.36 bits per heavy atom. The Bertz CT molecular complexity index is 470. The second-order valence-corrected chi connectivity index (χ2v) is 7.79. The van der Waals surface area contributed by atoms with Gasteiger partial charge in [-0.15, -0.1) is 0 Å². The first kappa shape index (κ1) is 21.9. The molecule has 1 fully saturated rings. The molecule has 1 heterocycles. The summed E-state index contributed by atoms with van der Waals surface area (Å²) in [6.45, 7) is 8.92. The van der Waals surface area contributed by atoms with E-state index in [9.17, 15) is 14.4 Å². The molecular weight excluding hydrogens is 392 g/mol. The summed E-state index contributed by atoms with van der Waals surface area (Å²) in [5.74, 6) is -0.487. The summed E-state index contributed by atoms with van der Waals surface area (Å²) in [5.41, 5.74) is 0. The van der Waals surface area contributed by atoms with Crippen LogP contribution in [0.4, 0.5) is 0 Å². The molecule has 0 saturated carbocycles. The van der Waals surface area contributed by atoms with Crippen molar-refractivity contribution in [2.24, 2.45) is 11.8 Å². The molecule has 2 N–H and O–H groups in total. The number of hydrogen-bond donors (Lipinski definition) is 2. The maximum atomic E-state index is 12.3. The molecule has 3 atom stereocenters. The number of carbonyl (C=O) groups is 3. The van der Waals surface area contributed by atoms with Gasteiger partial charge in [-0.3, -0.25) is 9.59 Å². The van der Waals surface area contributed by atoms with Gasteiger partial charge in [-0.25, -0.2) is 4.79 Å². The summed E-state index contributed by atoms with van der Waals surface area (Å²) < 4.78 is 10.0. The first-order valence-electron chi connectivity index (χ1n) is 8.72. The van der Waals surface area contributed by atoms with Crippen LogP contribution in [0.15, 0.2) is 0 Å². The molecule has 8 heteroatoms. The van der Waals surface area contributed by atoms with Crippen molar-refractivity contribution >= 4 is 33.7 Å². The number of rotatable bonds is 11. The van der Waals surface area contributed by atoms with Crippen LogP contribution in [0.5, 0.6) is 0 Å². The van der Waals surface area contributed by atoms with Crippen LogP contribution in [0.1, 0.15) is 40.5 Å². The predicted molar refractivity (Wildman–Crippen MR) is 97.3 cm³/mol. The van der Waals surface area contributed by atoms with Crippen molar-refractivity contribution in [2.75, 3.05) is 18.5 Å². The van der Waals surface area contributed by atoms with E-state index < -0.39 is 30.1 Å². The van der Waals surface area contributed by atoms with Crippen molar-refractivity contribution in [3.63, 3.8) is 0 Å². The monoisotopic (exact) mass is 420 g/mol. The van der Waals surface area contributed by atoms with Gasteiger partial charge in [0.1, 0.15) is 12.6 Å². The molecule has 0 aliphatic carbocycles. The normalized spacial score (nSPS) is 20.3. The Labute approximate surface area is 157 Å². The molecule has 1 aliphatic heterocycles. The van der Waals surface area contributed by atoms with Crippen LogP contribution in [0, 0.1) is 11.8 Å². The average Bonchev–Trinajstić information content (AvgIpc) is 3.31. The minimum atomic E-state index is -0.874. The average molecular weight is 421 g/mol. The van der Waals surface area contributed by atoms with Gasteiger partial charge in [-0.2, -0.15) is 0 Å². The van der Waals surface area contributed by atoms with E-state index in [1.54, 1.807) is 0 Å². The third kappa shape index (κ3) is 8.18. The largest absolute Gasteiger partial charge is 0.463 e. The predicted octanol–water partition coefficient (Wildman–Crippen LogP) is 1.39. The highest BCUT2D eigenvalue weighted by molar-refractivity contribution is 9.09. The zero-order valence-corrected chi connectivity index (χ0v) is 16.9. The number of nitrogens with one attached hydrogen (secondary N) is 2. The van der Waals surface area contributed by atoms with Gasteiger partial charge in [0.25, 0.3) is 5.91 Å². The third-order valence-electron chi connectivity index (χ3n) is 3.66. The van der Waals surface area contributed by atoms with E-state index in [-0.39, 0.29) is 18.4 Å². The van der Waals surface area contributed by atoms with Gasteiger partial charge in [-0.05, 0) is 24.7 Å². The van der Waals surface area contributed by atoms with Crippen LogP contribution >= 0.6 is 15.9 Å². The summed E-state index contributed by atoms with van der Waals surface area (Å²) in [7, 11) is 0. The van der Waals surface area contributed by atoms with Gasteiger partial charge < -0.3 is 20.1 Å². The second kappa shape index (κ2) is 10.8. The van der Waals surface area contributed by atoms with Crippen LogP contribution in [-0.2, 0) is 23.9 Å². The molecule has 25 heavy (non-hydrogen) atoms. The van der Waals surface area contributed by atoms with E-state index >= 15 is 0 Å². The Kier molecular flexibility index (Phi) is 9.42. The number of halogens is 1. The van der Waals surface area contributed by atoms with Crippen molar-refractivity contribution in [2.45, 2.75) is 58.8 Å². The lowest BCUT2D eigenvalue weighted by molar-refractivity contribution is -0.144. The Balaban J connectivity index is 2.50. The van der Waals surface area contributed by atoms with Crippen LogP contribution < -0.4 is 10.6 Å². The Hall–Kier alpha value is -1.15. The third-order valence-corrected chi connectivity index (χ3v) is 3.99. The van der Waals surface area contributed by atoms with Crippen molar-refractivity contribution in [3.8, 4) is 0 Å². The summed E-state index contributed by atoms with van der Waals surface area (Å²) in [6, 6.07) is -0.636. The molecule has 0 aromatic rings. The van der Waals surface area contributed by atoms with Crippen molar-refractivity contribution in [3.05, 3.63) is 0 Å². The molecular formula is C17H29BrN2O5. The molecule has 2 amide bonds. The number of carbonyl (C=O) groups excluding carboxylic acids is 3. The molecule has 144 valence electrons. The van der Waals surface area contributed by atoms with Crippen molar-refractivity contribution < 1.29 is 23.9 Å².